The molecule has 5 rings (SSSR count). The number of hydrogen-bond donors (Lipinski definition) is 1. The Kier molecular flexibility index (Phi) is 9.99. The number of ether oxygens (including phenoxy) is 5. The molecule has 0 radical (unpaired) electrons. The maximum atomic E-state index is 12.0. The molecule has 216 valence electrons. The van der Waals surface area contributed by atoms with Crippen molar-refractivity contribution in [3.8, 4) is 11.5 Å². The Morgan fingerprint density at radius 3 is 2.12 bits per heavy atom. The number of benzene rings is 3. The van der Waals surface area contributed by atoms with E-state index in [0.29, 0.717) is 69.9 Å². The molecule has 0 saturated carbocycles. The first-order chi connectivity index (χ1) is 20.0. The number of rotatable bonds is 5. The molecule has 1 aromatic heterocycles. The van der Waals surface area contributed by atoms with E-state index in [1.54, 1.807) is 29.5 Å². The van der Waals surface area contributed by atoms with Gasteiger partial charge in [-0.25, -0.2) is 0 Å². The SMILES string of the molecule is O=S(=O)(O)c1ccccc1C[n+]1c(/C=C/c2ccc3c(c2)OCCOCCOCCOCCO3)sc2ccccc21. The highest BCUT2D eigenvalue weighted by Gasteiger charge is 2.23. The number of nitrogens with zero attached hydrogens (tertiary/aromatic N) is 1. The first-order valence-corrected chi connectivity index (χ1v) is 15.5. The Morgan fingerprint density at radius 2 is 1.39 bits per heavy atom. The molecule has 0 unspecified atom stereocenters. The van der Waals surface area contributed by atoms with Gasteiger partial charge in [-0.3, -0.25) is 4.55 Å². The van der Waals surface area contributed by atoms with Crippen molar-refractivity contribution in [2.75, 3.05) is 52.9 Å². The smallest absolute Gasteiger partial charge is 0.295 e. The van der Waals surface area contributed by atoms with Gasteiger partial charge >= 0.3 is 0 Å². The predicted octanol–water partition coefficient (Wildman–Crippen LogP) is 4.48. The normalized spacial score (nSPS) is 15.9. The Hall–Kier alpha value is -3.32. The zero-order valence-corrected chi connectivity index (χ0v) is 24.1. The molecule has 41 heavy (non-hydrogen) atoms. The Bertz CT molecular complexity index is 1600. The molecule has 11 heteroatoms. The van der Waals surface area contributed by atoms with Crippen LogP contribution in [0.3, 0.4) is 0 Å². The Morgan fingerprint density at radius 1 is 0.756 bits per heavy atom. The Labute approximate surface area is 243 Å². The van der Waals surface area contributed by atoms with Crippen LogP contribution in [0.25, 0.3) is 22.4 Å². The van der Waals surface area contributed by atoms with Crippen LogP contribution in [0.5, 0.6) is 11.5 Å². The van der Waals surface area contributed by atoms with Crippen LogP contribution < -0.4 is 14.0 Å². The summed E-state index contributed by atoms with van der Waals surface area (Å²) >= 11 is 1.59. The van der Waals surface area contributed by atoms with Crippen LogP contribution in [0, 0.1) is 0 Å². The molecule has 9 nitrogen and oxygen atoms in total. The summed E-state index contributed by atoms with van der Waals surface area (Å²) in [5.41, 5.74) is 2.37. The van der Waals surface area contributed by atoms with Gasteiger partial charge in [-0.15, -0.1) is 0 Å². The second kappa shape index (κ2) is 14.0. The number of para-hydroxylation sites is 1. The van der Waals surface area contributed by atoms with E-state index in [0.717, 1.165) is 20.8 Å². The standard InChI is InChI=1S/C30H31NO8S2/c32-41(33,34)29-8-4-1-5-24(29)22-31-25-6-2-3-7-28(25)40-30(31)12-10-23-9-11-26-27(21-23)39-20-18-37-16-14-35-13-15-36-17-19-38-26/h1-12,21H,13-20,22H2/p+1/b12-10+. The molecular weight excluding hydrogens is 566 g/mol. The van der Waals surface area contributed by atoms with Gasteiger partial charge in [0.15, 0.2) is 18.0 Å². The molecule has 1 aliphatic rings. The molecule has 0 aliphatic carbocycles. The fraction of sp³-hybridized carbons (Fsp3) is 0.300. The fourth-order valence-electron chi connectivity index (χ4n) is 4.39. The minimum Gasteiger partial charge on any atom is -0.487 e. The van der Waals surface area contributed by atoms with Gasteiger partial charge < -0.3 is 23.7 Å². The van der Waals surface area contributed by atoms with E-state index in [1.807, 2.05) is 59.2 Å². The first kappa shape index (κ1) is 29.2. The lowest BCUT2D eigenvalue weighted by Gasteiger charge is -2.13. The number of hydrogen-bond acceptors (Lipinski definition) is 8. The quantitative estimate of drug-likeness (QED) is 0.265. The third-order valence-corrected chi connectivity index (χ3v) is 8.40. The lowest BCUT2D eigenvalue weighted by atomic mass is 10.2. The van der Waals surface area contributed by atoms with Crippen molar-refractivity contribution in [3.05, 3.63) is 82.9 Å². The molecule has 4 aromatic rings. The third kappa shape index (κ3) is 7.91. The van der Waals surface area contributed by atoms with Crippen molar-refractivity contribution in [2.45, 2.75) is 11.4 Å². The van der Waals surface area contributed by atoms with Gasteiger partial charge in [0.2, 0.25) is 5.52 Å². The minimum absolute atomic E-state index is 0.0985. The van der Waals surface area contributed by atoms with E-state index in [4.69, 9.17) is 23.7 Å². The molecule has 0 amide bonds. The van der Waals surface area contributed by atoms with E-state index in [9.17, 15) is 13.0 Å². The molecule has 2 heterocycles. The van der Waals surface area contributed by atoms with Crippen molar-refractivity contribution in [1.82, 2.24) is 0 Å². The maximum absolute atomic E-state index is 12.0. The van der Waals surface area contributed by atoms with E-state index in [1.165, 1.54) is 6.07 Å². The molecule has 0 bridgehead atoms. The molecular formula is C30H32NO8S2+. The highest BCUT2D eigenvalue weighted by atomic mass is 32.2. The van der Waals surface area contributed by atoms with Crippen molar-refractivity contribution >= 4 is 43.8 Å². The monoisotopic (exact) mass is 598 g/mol. The van der Waals surface area contributed by atoms with Gasteiger partial charge in [0.1, 0.15) is 22.8 Å². The summed E-state index contributed by atoms with van der Waals surface area (Å²) in [5.74, 6) is 1.23. The van der Waals surface area contributed by atoms with Crippen LogP contribution in [0.4, 0.5) is 0 Å². The molecule has 0 fully saturated rings. The van der Waals surface area contributed by atoms with E-state index in [-0.39, 0.29) is 11.4 Å². The molecule has 0 atom stereocenters. The third-order valence-electron chi connectivity index (χ3n) is 6.32. The average molecular weight is 599 g/mol. The van der Waals surface area contributed by atoms with E-state index in [2.05, 4.69) is 0 Å². The van der Waals surface area contributed by atoms with Crippen LogP contribution in [-0.4, -0.2) is 65.8 Å². The average Bonchev–Trinajstić information content (AvgIpc) is 3.31. The minimum atomic E-state index is -4.36. The van der Waals surface area contributed by atoms with Gasteiger partial charge in [0, 0.05) is 17.7 Å². The fourth-order valence-corrected chi connectivity index (χ4v) is 6.17. The lowest BCUT2D eigenvalue weighted by molar-refractivity contribution is -0.660. The van der Waals surface area contributed by atoms with Gasteiger partial charge in [0.25, 0.3) is 15.1 Å². The predicted molar refractivity (Wildman–Crippen MR) is 156 cm³/mol. The zero-order chi connectivity index (χ0) is 28.5. The molecule has 1 aliphatic heterocycles. The summed E-state index contributed by atoms with van der Waals surface area (Å²) in [7, 11) is -4.36. The van der Waals surface area contributed by atoms with Crippen LogP contribution in [0.2, 0.25) is 0 Å². The second-order valence-electron chi connectivity index (χ2n) is 9.15. The highest BCUT2D eigenvalue weighted by Crippen LogP contribution is 2.30. The number of fused-ring (bicyclic) bond motifs is 2. The van der Waals surface area contributed by atoms with Crippen molar-refractivity contribution < 1.29 is 41.2 Å². The van der Waals surface area contributed by atoms with Crippen LogP contribution in [0.15, 0.2) is 71.6 Å². The van der Waals surface area contributed by atoms with Crippen LogP contribution >= 0.6 is 11.3 Å². The van der Waals surface area contributed by atoms with E-state index < -0.39 is 10.1 Å². The largest absolute Gasteiger partial charge is 0.487 e. The molecule has 0 spiro atoms. The van der Waals surface area contributed by atoms with Crippen LogP contribution in [-0.2, 0) is 30.9 Å². The maximum Gasteiger partial charge on any atom is 0.295 e. The summed E-state index contributed by atoms with van der Waals surface area (Å²) in [6.45, 7) is 3.88. The molecule has 1 N–H and O–H groups in total. The summed E-state index contributed by atoms with van der Waals surface area (Å²) in [6.07, 6.45) is 3.97. The second-order valence-corrected chi connectivity index (χ2v) is 11.6. The summed E-state index contributed by atoms with van der Waals surface area (Å²) in [4.78, 5) is -0.0985. The zero-order valence-electron chi connectivity index (χ0n) is 22.4. The topological polar surface area (TPSA) is 104 Å². The van der Waals surface area contributed by atoms with E-state index >= 15 is 0 Å². The van der Waals surface area contributed by atoms with Crippen molar-refractivity contribution in [3.63, 3.8) is 0 Å². The van der Waals surface area contributed by atoms with Crippen molar-refractivity contribution in [2.24, 2.45) is 0 Å². The highest BCUT2D eigenvalue weighted by molar-refractivity contribution is 7.85. The summed E-state index contributed by atoms with van der Waals surface area (Å²) in [6, 6.07) is 20.2. The van der Waals surface area contributed by atoms with Gasteiger partial charge in [-0.2, -0.15) is 13.0 Å². The van der Waals surface area contributed by atoms with Gasteiger partial charge in [-0.1, -0.05) is 47.7 Å². The molecule has 0 saturated heterocycles. The number of thiazole rings is 1. The lowest BCUT2D eigenvalue weighted by Crippen LogP contribution is -2.36. The Balaban J connectivity index is 1.42. The summed E-state index contributed by atoms with van der Waals surface area (Å²) < 4.78 is 65.4. The first-order valence-electron chi connectivity index (χ1n) is 13.3. The molecule has 3 aromatic carbocycles. The van der Waals surface area contributed by atoms with Crippen molar-refractivity contribution in [1.29, 1.82) is 0 Å². The number of aromatic nitrogens is 1. The van der Waals surface area contributed by atoms with Gasteiger partial charge in [-0.05, 0) is 35.9 Å². The van der Waals surface area contributed by atoms with Gasteiger partial charge in [0.05, 0.1) is 39.6 Å². The summed E-state index contributed by atoms with van der Waals surface area (Å²) in [5, 5.41) is 0.914. The van der Waals surface area contributed by atoms with Crippen LogP contribution in [0.1, 0.15) is 16.1 Å².